The van der Waals surface area contributed by atoms with Gasteiger partial charge >= 0.3 is 0 Å². The highest BCUT2D eigenvalue weighted by Crippen LogP contribution is 2.20. The van der Waals surface area contributed by atoms with E-state index >= 15 is 0 Å². The van der Waals surface area contributed by atoms with Gasteiger partial charge in [0, 0.05) is 19.5 Å². The molecule has 2 atom stereocenters. The molecular weight excluding hydrogens is 222 g/mol. The number of hydrogen-bond acceptors (Lipinski definition) is 2. The van der Waals surface area contributed by atoms with E-state index in [-0.39, 0.29) is 0 Å². The summed E-state index contributed by atoms with van der Waals surface area (Å²) in [5.41, 5.74) is 1.13. The third-order valence-electron chi connectivity index (χ3n) is 3.59. The molecule has 0 bridgehead atoms. The van der Waals surface area contributed by atoms with Crippen LogP contribution in [0, 0.1) is 11.8 Å². The summed E-state index contributed by atoms with van der Waals surface area (Å²) in [4.78, 5) is 14.4. The van der Waals surface area contributed by atoms with Crippen molar-refractivity contribution in [1.29, 1.82) is 0 Å². The molecule has 2 unspecified atom stereocenters. The molecule has 0 spiro atoms. The Hall–Kier alpha value is -1.15. The van der Waals surface area contributed by atoms with E-state index in [9.17, 15) is 4.79 Å². The van der Waals surface area contributed by atoms with E-state index in [0.29, 0.717) is 18.7 Å². The van der Waals surface area contributed by atoms with Crippen LogP contribution in [0.4, 0.5) is 0 Å². The Morgan fingerprint density at radius 1 is 1.17 bits per heavy atom. The monoisotopic (exact) mass is 245 g/mol. The van der Waals surface area contributed by atoms with Crippen molar-refractivity contribution >= 4 is 5.78 Å². The van der Waals surface area contributed by atoms with E-state index in [4.69, 9.17) is 0 Å². The molecule has 0 aliphatic carbocycles. The molecule has 0 N–H and O–H groups in total. The summed E-state index contributed by atoms with van der Waals surface area (Å²) in [6.07, 6.45) is 1.86. The Labute approximate surface area is 110 Å². The molecule has 0 radical (unpaired) electrons. The molecule has 1 aliphatic heterocycles. The molecule has 2 heteroatoms. The van der Waals surface area contributed by atoms with Crippen molar-refractivity contribution in [2.45, 2.75) is 26.7 Å². The number of carbonyl (C=O) groups is 1. The van der Waals surface area contributed by atoms with E-state index < -0.39 is 0 Å². The lowest BCUT2D eigenvalue weighted by Gasteiger charge is -2.34. The highest BCUT2D eigenvalue weighted by Gasteiger charge is 2.23. The molecule has 0 amide bonds. The van der Waals surface area contributed by atoms with Crippen LogP contribution in [0.2, 0.25) is 0 Å². The summed E-state index contributed by atoms with van der Waals surface area (Å²) < 4.78 is 0. The zero-order chi connectivity index (χ0) is 13.0. The molecule has 1 saturated heterocycles. The second kappa shape index (κ2) is 6.14. The predicted octanol–water partition coefficient (Wildman–Crippen LogP) is 2.78. The van der Waals surface area contributed by atoms with Crippen LogP contribution < -0.4 is 0 Å². The third kappa shape index (κ3) is 3.95. The topological polar surface area (TPSA) is 20.3 Å². The number of likely N-dealkylation sites (tertiary alicyclic amines) is 1. The maximum Gasteiger partial charge on any atom is 0.151 e. The number of benzene rings is 1. The first-order valence-corrected chi connectivity index (χ1v) is 6.91. The van der Waals surface area contributed by atoms with Crippen LogP contribution in [0.1, 0.15) is 25.8 Å². The number of hydrogen-bond donors (Lipinski definition) is 0. The quantitative estimate of drug-likeness (QED) is 0.813. The van der Waals surface area contributed by atoms with Crippen molar-refractivity contribution in [3.63, 3.8) is 0 Å². The minimum Gasteiger partial charge on any atom is -0.298 e. The molecule has 1 aromatic carbocycles. The Morgan fingerprint density at radius 3 is 2.39 bits per heavy atom. The van der Waals surface area contributed by atoms with Gasteiger partial charge in [-0.25, -0.2) is 0 Å². The van der Waals surface area contributed by atoms with E-state index in [0.717, 1.165) is 30.5 Å². The minimum atomic E-state index is 0.336. The summed E-state index contributed by atoms with van der Waals surface area (Å²) in [5.74, 6) is 1.78. The lowest BCUT2D eigenvalue weighted by atomic mass is 9.91. The van der Waals surface area contributed by atoms with Crippen LogP contribution in [0.5, 0.6) is 0 Å². The van der Waals surface area contributed by atoms with Crippen LogP contribution in [0.15, 0.2) is 30.3 Å². The standard InChI is InChI=1S/C16H23NO/c1-13-8-14(2)11-17(10-13)12-16(18)9-15-6-4-3-5-7-15/h3-7,13-14H,8-12H2,1-2H3. The van der Waals surface area contributed by atoms with Crippen LogP contribution >= 0.6 is 0 Å². The van der Waals surface area contributed by atoms with Gasteiger partial charge < -0.3 is 0 Å². The van der Waals surface area contributed by atoms with E-state index in [2.05, 4.69) is 18.7 Å². The zero-order valence-electron chi connectivity index (χ0n) is 11.4. The average molecular weight is 245 g/mol. The molecule has 18 heavy (non-hydrogen) atoms. The SMILES string of the molecule is CC1CC(C)CN(CC(=O)Cc2ccccc2)C1. The Morgan fingerprint density at radius 2 is 1.78 bits per heavy atom. The van der Waals surface area contributed by atoms with E-state index in [1.807, 2.05) is 30.3 Å². The van der Waals surface area contributed by atoms with Gasteiger partial charge in [-0.2, -0.15) is 0 Å². The molecule has 0 aromatic heterocycles. The van der Waals surface area contributed by atoms with Gasteiger partial charge in [0.25, 0.3) is 0 Å². The second-order valence-electron chi connectivity index (χ2n) is 5.84. The minimum absolute atomic E-state index is 0.336. The van der Waals surface area contributed by atoms with Crippen molar-refractivity contribution in [2.75, 3.05) is 19.6 Å². The first-order valence-electron chi connectivity index (χ1n) is 6.91. The predicted molar refractivity (Wildman–Crippen MR) is 74.5 cm³/mol. The summed E-state index contributed by atoms with van der Waals surface area (Å²) in [6.45, 7) is 7.33. The maximum absolute atomic E-state index is 12.1. The van der Waals surface area contributed by atoms with E-state index in [1.165, 1.54) is 6.42 Å². The summed E-state index contributed by atoms with van der Waals surface area (Å²) in [6, 6.07) is 10.0. The fourth-order valence-corrected chi connectivity index (χ4v) is 3.05. The van der Waals surface area contributed by atoms with Gasteiger partial charge in [-0.3, -0.25) is 9.69 Å². The smallest absolute Gasteiger partial charge is 0.151 e. The fraction of sp³-hybridized carbons (Fsp3) is 0.562. The lowest BCUT2D eigenvalue weighted by Crippen LogP contribution is -2.41. The Balaban J connectivity index is 1.84. The first-order chi connectivity index (χ1) is 8.63. The van der Waals surface area contributed by atoms with Crippen molar-refractivity contribution in [3.8, 4) is 0 Å². The molecule has 0 saturated carbocycles. The van der Waals surface area contributed by atoms with Crippen LogP contribution in [-0.2, 0) is 11.2 Å². The average Bonchev–Trinajstić information content (AvgIpc) is 2.28. The van der Waals surface area contributed by atoms with Crippen molar-refractivity contribution in [3.05, 3.63) is 35.9 Å². The number of Topliss-reactive ketones (excluding diaryl/α,β-unsaturated/α-hetero) is 1. The zero-order valence-corrected chi connectivity index (χ0v) is 11.4. The number of ketones is 1. The van der Waals surface area contributed by atoms with Crippen LogP contribution in [0.3, 0.4) is 0 Å². The normalized spacial score (nSPS) is 25.0. The summed E-state index contributed by atoms with van der Waals surface area (Å²) in [7, 11) is 0. The molecule has 98 valence electrons. The molecule has 1 aliphatic rings. The summed E-state index contributed by atoms with van der Waals surface area (Å²) in [5, 5.41) is 0. The summed E-state index contributed by atoms with van der Waals surface area (Å²) >= 11 is 0. The van der Waals surface area contributed by atoms with Gasteiger partial charge in [0.15, 0.2) is 5.78 Å². The lowest BCUT2D eigenvalue weighted by molar-refractivity contribution is -0.120. The third-order valence-corrected chi connectivity index (χ3v) is 3.59. The Kier molecular flexibility index (Phi) is 4.54. The number of rotatable bonds is 4. The molecule has 1 aromatic rings. The molecule has 1 fully saturated rings. The van der Waals surface area contributed by atoms with Gasteiger partial charge in [-0.15, -0.1) is 0 Å². The number of nitrogens with zero attached hydrogens (tertiary/aromatic N) is 1. The van der Waals surface area contributed by atoms with Crippen molar-refractivity contribution in [2.24, 2.45) is 11.8 Å². The molecule has 2 nitrogen and oxygen atoms in total. The maximum atomic E-state index is 12.1. The van der Waals surface area contributed by atoms with Gasteiger partial charge in [-0.1, -0.05) is 44.2 Å². The van der Waals surface area contributed by atoms with Crippen LogP contribution in [0.25, 0.3) is 0 Å². The highest BCUT2D eigenvalue weighted by molar-refractivity contribution is 5.82. The van der Waals surface area contributed by atoms with Gasteiger partial charge in [0.05, 0.1) is 6.54 Å². The largest absolute Gasteiger partial charge is 0.298 e. The first kappa shape index (κ1) is 13.3. The van der Waals surface area contributed by atoms with Gasteiger partial charge in [0.1, 0.15) is 0 Å². The number of piperidine rings is 1. The second-order valence-corrected chi connectivity index (χ2v) is 5.84. The fourth-order valence-electron chi connectivity index (χ4n) is 3.05. The van der Waals surface area contributed by atoms with Gasteiger partial charge in [-0.05, 0) is 23.8 Å². The Bertz CT molecular complexity index is 377. The molecule has 1 heterocycles. The van der Waals surface area contributed by atoms with Crippen LogP contribution in [-0.4, -0.2) is 30.3 Å². The highest BCUT2D eigenvalue weighted by atomic mass is 16.1. The van der Waals surface area contributed by atoms with Gasteiger partial charge in [0.2, 0.25) is 0 Å². The molecule has 2 rings (SSSR count). The number of carbonyl (C=O) groups excluding carboxylic acids is 1. The van der Waals surface area contributed by atoms with Crippen molar-refractivity contribution in [1.82, 2.24) is 4.90 Å². The van der Waals surface area contributed by atoms with Crippen molar-refractivity contribution < 1.29 is 4.79 Å². The molecular formula is C16H23NO. The van der Waals surface area contributed by atoms with E-state index in [1.54, 1.807) is 0 Å².